The second kappa shape index (κ2) is 4.29. The van der Waals surface area contributed by atoms with Gasteiger partial charge >= 0.3 is 5.76 Å². The molecular formula is C14H13N3O2. The van der Waals surface area contributed by atoms with E-state index in [9.17, 15) is 4.79 Å². The van der Waals surface area contributed by atoms with Gasteiger partial charge in [-0.2, -0.15) is 0 Å². The van der Waals surface area contributed by atoms with E-state index in [0.29, 0.717) is 16.8 Å². The summed E-state index contributed by atoms with van der Waals surface area (Å²) >= 11 is 0. The van der Waals surface area contributed by atoms with Gasteiger partial charge in [0.15, 0.2) is 5.58 Å². The molecule has 19 heavy (non-hydrogen) atoms. The zero-order valence-electron chi connectivity index (χ0n) is 10.1. The van der Waals surface area contributed by atoms with Gasteiger partial charge in [0.25, 0.3) is 0 Å². The number of rotatable bonds is 2. The molecule has 0 saturated carbocycles. The zero-order valence-corrected chi connectivity index (χ0v) is 10.1. The van der Waals surface area contributed by atoms with Crippen LogP contribution in [-0.4, -0.2) is 4.98 Å². The number of aromatic nitrogens is 1. The number of benzene rings is 2. The molecule has 5 heteroatoms. The highest BCUT2D eigenvalue weighted by Crippen LogP contribution is 2.23. The minimum Gasteiger partial charge on any atom is -0.408 e. The molecule has 1 aromatic heterocycles. The van der Waals surface area contributed by atoms with Crippen LogP contribution in [0.15, 0.2) is 51.7 Å². The number of anilines is 1. The van der Waals surface area contributed by atoms with Gasteiger partial charge in [0, 0.05) is 5.69 Å². The average molecular weight is 255 g/mol. The summed E-state index contributed by atoms with van der Waals surface area (Å²) in [5, 5.41) is 0. The number of aromatic amines is 1. The van der Waals surface area contributed by atoms with Gasteiger partial charge in [-0.05, 0) is 35.4 Å². The van der Waals surface area contributed by atoms with Gasteiger partial charge in [-0.25, -0.2) is 4.79 Å². The highest BCUT2D eigenvalue weighted by atomic mass is 16.4. The summed E-state index contributed by atoms with van der Waals surface area (Å²) in [5.41, 5.74) is 15.6. The molecule has 0 fully saturated rings. The Morgan fingerprint density at radius 3 is 2.47 bits per heavy atom. The molecule has 0 aliphatic rings. The van der Waals surface area contributed by atoms with E-state index in [1.54, 1.807) is 6.07 Å². The molecule has 0 radical (unpaired) electrons. The fraction of sp³-hybridized carbons (Fsp3) is 0.0714. The molecule has 5 nitrogen and oxygen atoms in total. The predicted molar refractivity (Wildman–Crippen MR) is 73.7 cm³/mol. The van der Waals surface area contributed by atoms with Gasteiger partial charge < -0.3 is 15.9 Å². The normalized spacial score (nSPS) is 12.7. The van der Waals surface area contributed by atoms with Crippen LogP contribution in [0.3, 0.4) is 0 Å². The molecule has 5 N–H and O–H groups in total. The number of nitrogens with two attached hydrogens (primary N) is 2. The first kappa shape index (κ1) is 11.6. The summed E-state index contributed by atoms with van der Waals surface area (Å²) in [6.45, 7) is 0. The van der Waals surface area contributed by atoms with Gasteiger partial charge in [-0.15, -0.1) is 0 Å². The highest BCUT2D eigenvalue weighted by Gasteiger charge is 2.10. The Bertz CT molecular complexity index is 771. The average Bonchev–Trinajstić information content (AvgIpc) is 2.77. The molecular weight excluding hydrogens is 242 g/mol. The first-order chi connectivity index (χ1) is 9.13. The van der Waals surface area contributed by atoms with E-state index in [1.165, 1.54) is 0 Å². The van der Waals surface area contributed by atoms with Crippen LogP contribution in [-0.2, 0) is 0 Å². The van der Waals surface area contributed by atoms with Gasteiger partial charge in [0.1, 0.15) is 0 Å². The van der Waals surface area contributed by atoms with Gasteiger partial charge in [0.2, 0.25) is 0 Å². The maximum absolute atomic E-state index is 11.1. The van der Waals surface area contributed by atoms with E-state index < -0.39 is 5.76 Å². The topological polar surface area (TPSA) is 98.0 Å². The molecule has 1 unspecified atom stereocenters. The first-order valence-electron chi connectivity index (χ1n) is 5.87. The Hall–Kier alpha value is -2.53. The smallest absolute Gasteiger partial charge is 0.408 e. The molecule has 0 spiro atoms. The summed E-state index contributed by atoms with van der Waals surface area (Å²) in [6.07, 6.45) is 0. The van der Waals surface area contributed by atoms with Crippen molar-refractivity contribution in [2.24, 2.45) is 5.73 Å². The number of H-pyrrole nitrogens is 1. The van der Waals surface area contributed by atoms with E-state index in [2.05, 4.69) is 4.98 Å². The third kappa shape index (κ3) is 2.11. The summed E-state index contributed by atoms with van der Waals surface area (Å²) in [7, 11) is 0. The number of hydrogen-bond donors (Lipinski definition) is 3. The summed E-state index contributed by atoms with van der Waals surface area (Å²) in [5.74, 6) is -0.465. The van der Waals surface area contributed by atoms with E-state index in [1.807, 2.05) is 36.4 Å². The maximum atomic E-state index is 11.1. The second-order valence-corrected chi connectivity index (χ2v) is 4.41. The third-order valence-electron chi connectivity index (χ3n) is 3.10. The number of oxazole rings is 1. The van der Waals surface area contributed by atoms with Crippen molar-refractivity contribution in [3.8, 4) is 0 Å². The first-order valence-corrected chi connectivity index (χ1v) is 5.87. The summed E-state index contributed by atoms with van der Waals surface area (Å²) in [6, 6.07) is 12.5. The molecule has 1 atom stereocenters. The van der Waals surface area contributed by atoms with Crippen molar-refractivity contribution in [1.82, 2.24) is 4.98 Å². The van der Waals surface area contributed by atoms with Crippen molar-refractivity contribution in [3.05, 3.63) is 64.1 Å². The number of nitrogen functional groups attached to an aromatic ring is 1. The number of nitrogens with one attached hydrogen (secondary N) is 1. The second-order valence-electron chi connectivity index (χ2n) is 4.41. The molecule has 3 aromatic rings. The Balaban J connectivity index is 2.03. The van der Waals surface area contributed by atoms with Crippen LogP contribution in [0.5, 0.6) is 0 Å². The summed E-state index contributed by atoms with van der Waals surface area (Å²) in [4.78, 5) is 13.7. The Labute approximate surface area is 108 Å². The van der Waals surface area contributed by atoms with Crippen LogP contribution < -0.4 is 17.2 Å². The minimum absolute atomic E-state index is 0.275. The fourth-order valence-electron chi connectivity index (χ4n) is 2.06. The molecule has 2 aromatic carbocycles. The van der Waals surface area contributed by atoms with E-state index in [4.69, 9.17) is 15.9 Å². The van der Waals surface area contributed by atoms with Crippen molar-refractivity contribution in [3.63, 3.8) is 0 Å². The SMILES string of the molecule is Nc1ccc(C(N)c2ccc3oc(=O)[nH]c3c2)cc1. The molecule has 0 aliphatic heterocycles. The maximum Gasteiger partial charge on any atom is 0.417 e. The lowest BCUT2D eigenvalue weighted by Gasteiger charge is -2.12. The van der Waals surface area contributed by atoms with Crippen LogP contribution in [0.25, 0.3) is 11.1 Å². The quantitative estimate of drug-likeness (QED) is 0.607. The number of hydrogen-bond acceptors (Lipinski definition) is 4. The third-order valence-corrected chi connectivity index (χ3v) is 3.10. The van der Waals surface area contributed by atoms with Gasteiger partial charge in [-0.1, -0.05) is 18.2 Å². The monoisotopic (exact) mass is 255 g/mol. The van der Waals surface area contributed by atoms with Crippen molar-refractivity contribution in [2.45, 2.75) is 6.04 Å². The predicted octanol–water partition coefficient (Wildman–Crippen LogP) is 1.75. The Morgan fingerprint density at radius 2 is 1.74 bits per heavy atom. The minimum atomic E-state index is -0.465. The largest absolute Gasteiger partial charge is 0.417 e. The van der Waals surface area contributed by atoms with E-state index >= 15 is 0 Å². The Kier molecular flexibility index (Phi) is 2.61. The molecule has 0 aliphatic carbocycles. The molecule has 0 saturated heterocycles. The van der Waals surface area contributed by atoms with Crippen LogP contribution in [0, 0.1) is 0 Å². The van der Waals surface area contributed by atoms with Crippen molar-refractivity contribution >= 4 is 16.8 Å². The standard InChI is InChI=1S/C14H13N3O2/c15-10-4-1-8(2-5-10)13(16)9-3-6-12-11(7-9)17-14(18)19-12/h1-7,13H,15-16H2,(H,17,18). The molecule has 3 rings (SSSR count). The van der Waals surface area contributed by atoms with Crippen LogP contribution in [0.1, 0.15) is 17.2 Å². The van der Waals surface area contributed by atoms with Crippen molar-refractivity contribution in [1.29, 1.82) is 0 Å². The van der Waals surface area contributed by atoms with Crippen LogP contribution >= 0.6 is 0 Å². The van der Waals surface area contributed by atoms with E-state index in [-0.39, 0.29) is 6.04 Å². The molecule has 0 amide bonds. The molecule has 1 heterocycles. The van der Waals surface area contributed by atoms with Gasteiger partial charge in [0.05, 0.1) is 11.6 Å². The van der Waals surface area contributed by atoms with Crippen molar-refractivity contribution in [2.75, 3.05) is 5.73 Å². The zero-order chi connectivity index (χ0) is 13.4. The lowest BCUT2D eigenvalue weighted by atomic mass is 9.99. The molecule has 0 bridgehead atoms. The van der Waals surface area contributed by atoms with E-state index in [0.717, 1.165) is 11.1 Å². The van der Waals surface area contributed by atoms with Crippen molar-refractivity contribution < 1.29 is 4.42 Å². The van der Waals surface area contributed by atoms with Gasteiger partial charge in [-0.3, -0.25) is 4.98 Å². The summed E-state index contributed by atoms with van der Waals surface area (Å²) < 4.78 is 4.96. The Morgan fingerprint density at radius 1 is 1.05 bits per heavy atom. The van der Waals surface area contributed by atoms with Crippen LogP contribution in [0.4, 0.5) is 5.69 Å². The van der Waals surface area contributed by atoms with Crippen LogP contribution in [0.2, 0.25) is 0 Å². The lowest BCUT2D eigenvalue weighted by Crippen LogP contribution is -2.11. The lowest BCUT2D eigenvalue weighted by molar-refractivity contribution is 0.555. The molecule has 96 valence electrons. The number of fused-ring (bicyclic) bond motifs is 1. The fourth-order valence-corrected chi connectivity index (χ4v) is 2.06. The highest BCUT2D eigenvalue weighted by molar-refractivity contribution is 5.73.